The second-order valence-corrected chi connectivity index (χ2v) is 5.54. The molecule has 2 fully saturated rings. The van der Waals surface area contributed by atoms with Gasteiger partial charge in [0.2, 0.25) is 0 Å². The van der Waals surface area contributed by atoms with Crippen molar-refractivity contribution < 1.29 is 5.11 Å². The van der Waals surface area contributed by atoms with Crippen LogP contribution in [0.4, 0.5) is 0 Å². The van der Waals surface area contributed by atoms with Crippen LogP contribution in [-0.2, 0) is 0 Å². The molecule has 0 spiro atoms. The molecule has 0 bridgehead atoms. The first-order valence-corrected chi connectivity index (χ1v) is 5.82. The molecule has 0 aromatic carbocycles. The Labute approximate surface area is 81.5 Å². The summed E-state index contributed by atoms with van der Waals surface area (Å²) in [6.45, 7) is 4.51. The highest BCUT2D eigenvalue weighted by molar-refractivity contribution is 4.94. The molecular weight excluding hydrogens is 160 g/mol. The van der Waals surface area contributed by atoms with E-state index in [-0.39, 0.29) is 5.60 Å². The van der Waals surface area contributed by atoms with Gasteiger partial charge in [0.05, 0.1) is 5.60 Å². The number of rotatable bonds is 2. The molecule has 0 amide bonds. The molecule has 0 aromatic heterocycles. The third-order valence-corrected chi connectivity index (χ3v) is 4.05. The largest absolute Gasteiger partial charge is 0.390 e. The zero-order valence-electron chi connectivity index (χ0n) is 8.92. The Morgan fingerprint density at radius 2 is 1.85 bits per heavy atom. The predicted molar refractivity (Wildman–Crippen MR) is 54.5 cm³/mol. The van der Waals surface area contributed by atoms with E-state index in [1.165, 1.54) is 25.7 Å². The number of hydrogen-bond acceptors (Lipinski definition) is 1. The Kier molecular flexibility index (Phi) is 2.39. The minimum atomic E-state index is -0.307. The lowest BCUT2D eigenvalue weighted by molar-refractivity contribution is -0.0667. The first kappa shape index (κ1) is 9.51. The van der Waals surface area contributed by atoms with Crippen LogP contribution in [0.2, 0.25) is 0 Å². The first-order valence-electron chi connectivity index (χ1n) is 5.82. The summed E-state index contributed by atoms with van der Waals surface area (Å²) in [5.74, 6) is 2.13. The maximum absolute atomic E-state index is 10.5. The van der Waals surface area contributed by atoms with Gasteiger partial charge in [0.25, 0.3) is 0 Å². The highest BCUT2D eigenvalue weighted by Crippen LogP contribution is 2.46. The number of aliphatic hydroxyl groups is 1. The molecule has 0 aromatic rings. The van der Waals surface area contributed by atoms with Gasteiger partial charge < -0.3 is 5.11 Å². The fourth-order valence-corrected chi connectivity index (χ4v) is 2.82. The second kappa shape index (κ2) is 3.27. The third kappa shape index (κ3) is 2.07. The van der Waals surface area contributed by atoms with Crippen molar-refractivity contribution in [2.24, 2.45) is 17.8 Å². The summed E-state index contributed by atoms with van der Waals surface area (Å²) in [5.41, 5.74) is -0.307. The molecule has 2 aliphatic carbocycles. The van der Waals surface area contributed by atoms with Gasteiger partial charge in [0.15, 0.2) is 0 Å². The van der Waals surface area contributed by atoms with Crippen molar-refractivity contribution in [3.63, 3.8) is 0 Å². The summed E-state index contributed by atoms with van der Waals surface area (Å²) in [4.78, 5) is 0. The summed E-state index contributed by atoms with van der Waals surface area (Å²) in [6.07, 6.45) is 7.40. The van der Waals surface area contributed by atoms with Gasteiger partial charge in [-0.3, -0.25) is 0 Å². The average Bonchev–Trinajstić information content (AvgIpc) is 2.81. The Hall–Kier alpha value is -0.0400. The van der Waals surface area contributed by atoms with Crippen LogP contribution >= 0.6 is 0 Å². The summed E-state index contributed by atoms with van der Waals surface area (Å²) in [6, 6.07) is 0. The molecule has 13 heavy (non-hydrogen) atoms. The van der Waals surface area contributed by atoms with E-state index in [4.69, 9.17) is 0 Å². The van der Waals surface area contributed by atoms with E-state index in [9.17, 15) is 5.11 Å². The minimum Gasteiger partial charge on any atom is -0.390 e. The molecule has 76 valence electrons. The summed E-state index contributed by atoms with van der Waals surface area (Å²) >= 11 is 0. The zero-order valence-corrected chi connectivity index (χ0v) is 8.92. The maximum atomic E-state index is 10.5. The van der Waals surface area contributed by atoms with Gasteiger partial charge in [0.1, 0.15) is 0 Å². The average molecular weight is 182 g/mol. The molecule has 0 heterocycles. The lowest BCUT2D eigenvalue weighted by Gasteiger charge is -2.41. The zero-order chi connectivity index (χ0) is 9.47. The van der Waals surface area contributed by atoms with E-state index in [0.717, 1.165) is 24.7 Å². The van der Waals surface area contributed by atoms with Crippen molar-refractivity contribution in [2.75, 3.05) is 0 Å². The minimum absolute atomic E-state index is 0.307. The van der Waals surface area contributed by atoms with Crippen LogP contribution in [0.25, 0.3) is 0 Å². The standard InChI is InChI=1S/C12H22O/c1-9-3-4-10(2)12(13,7-9)8-11-5-6-11/h9-11,13H,3-8H2,1-2H3. The van der Waals surface area contributed by atoms with Crippen LogP contribution in [0.3, 0.4) is 0 Å². The van der Waals surface area contributed by atoms with Crippen LogP contribution < -0.4 is 0 Å². The highest BCUT2D eigenvalue weighted by atomic mass is 16.3. The maximum Gasteiger partial charge on any atom is 0.0678 e. The van der Waals surface area contributed by atoms with Gasteiger partial charge in [-0.05, 0) is 37.0 Å². The van der Waals surface area contributed by atoms with Crippen LogP contribution in [0.5, 0.6) is 0 Å². The SMILES string of the molecule is CC1CCC(C)C(O)(CC2CC2)C1. The summed E-state index contributed by atoms with van der Waals surface area (Å²) < 4.78 is 0. The van der Waals surface area contributed by atoms with Crippen molar-refractivity contribution in [2.45, 2.75) is 58.0 Å². The van der Waals surface area contributed by atoms with Crippen molar-refractivity contribution >= 4 is 0 Å². The fraction of sp³-hybridized carbons (Fsp3) is 1.00. The molecule has 1 heteroatoms. The molecule has 1 nitrogen and oxygen atoms in total. The predicted octanol–water partition coefficient (Wildman–Crippen LogP) is 2.97. The molecular formula is C12H22O. The first-order chi connectivity index (χ1) is 6.10. The lowest BCUT2D eigenvalue weighted by Crippen LogP contribution is -2.42. The van der Waals surface area contributed by atoms with E-state index in [1.54, 1.807) is 0 Å². The Bertz CT molecular complexity index is 182. The molecule has 3 unspecified atom stereocenters. The molecule has 0 aliphatic heterocycles. The van der Waals surface area contributed by atoms with Gasteiger partial charge in [-0.15, -0.1) is 0 Å². The van der Waals surface area contributed by atoms with Gasteiger partial charge in [0, 0.05) is 0 Å². The van der Waals surface area contributed by atoms with Crippen molar-refractivity contribution in [1.29, 1.82) is 0 Å². The van der Waals surface area contributed by atoms with Gasteiger partial charge in [-0.25, -0.2) is 0 Å². The van der Waals surface area contributed by atoms with Crippen molar-refractivity contribution in [3.8, 4) is 0 Å². The van der Waals surface area contributed by atoms with Crippen LogP contribution in [0, 0.1) is 17.8 Å². The molecule has 2 saturated carbocycles. The third-order valence-electron chi connectivity index (χ3n) is 4.05. The topological polar surface area (TPSA) is 20.2 Å². The monoisotopic (exact) mass is 182 g/mol. The number of hydrogen-bond donors (Lipinski definition) is 1. The second-order valence-electron chi connectivity index (χ2n) is 5.54. The molecule has 2 rings (SSSR count). The van der Waals surface area contributed by atoms with E-state index in [2.05, 4.69) is 13.8 Å². The van der Waals surface area contributed by atoms with Crippen LogP contribution in [0.1, 0.15) is 52.4 Å². The van der Waals surface area contributed by atoms with E-state index < -0.39 is 0 Å². The molecule has 1 N–H and O–H groups in total. The quantitative estimate of drug-likeness (QED) is 0.696. The normalized spacial score (nSPS) is 46.4. The van der Waals surface area contributed by atoms with Gasteiger partial charge in [-0.2, -0.15) is 0 Å². The Morgan fingerprint density at radius 3 is 2.46 bits per heavy atom. The van der Waals surface area contributed by atoms with E-state index in [0.29, 0.717) is 5.92 Å². The fourth-order valence-electron chi connectivity index (χ4n) is 2.82. The van der Waals surface area contributed by atoms with Crippen molar-refractivity contribution in [3.05, 3.63) is 0 Å². The summed E-state index contributed by atoms with van der Waals surface area (Å²) in [5, 5.41) is 10.5. The van der Waals surface area contributed by atoms with E-state index >= 15 is 0 Å². The summed E-state index contributed by atoms with van der Waals surface area (Å²) in [7, 11) is 0. The smallest absolute Gasteiger partial charge is 0.0678 e. The van der Waals surface area contributed by atoms with Gasteiger partial charge in [-0.1, -0.05) is 33.1 Å². The highest BCUT2D eigenvalue weighted by Gasteiger charge is 2.42. The Balaban J connectivity index is 1.98. The van der Waals surface area contributed by atoms with E-state index in [1.807, 2.05) is 0 Å². The van der Waals surface area contributed by atoms with Crippen LogP contribution in [-0.4, -0.2) is 10.7 Å². The molecule has 2 aliphatic rings. The van der Waals surface area contributed by atoms with Crippen molar-refractivity contribution in [1.82, 2.24) is 0 Å². The lowest BCUT2D eigenvalue weighted by atomic mass is 9.70. The van der Waals surface area contributed by atoms with Gasteiger partial charge >= 0.3 is 0 Å². The molecule has 0 saturated heterocycles. The van der Waals surface area contributed by atoms with Crippen LogP contribution in [0.15, 0.2) is 0 Å². The molecule has 0 radical (unpaired) electrons. The molecule has 3 atom stereocenters. The Morgan fingerprint density at radius 1 is 1.15 bits per heavy atom.